The van der Waals surface area contributed by atoms with Gasteiger partial charge in [0, 0.05) is 30.4 Å². The van der Waals surface area contributed by atoms with Gasteiger partial charge in [-0.25, -0.2) is 0 Å². The highest BCUT2D eigenvalue weighted by atomic mass is 16.2. The second kappa shape index (κ2) is 6.02. The van der Waals surface area contributed by atoms with Crippen molar-refractivity contribution in [3.05, 3.63) is 59.7 Å². The van der Waals surface area contributed by atoms with Crippen molar-refractivity contribution >= 4 is 23.2 Å². The van der Waals surface area contributed by atoms with Crippen LogP contribution in [0.4, 0.5) is 11.4 Å². The molecule has 1 aliphatic heterocycles. The first kappa shape index (κ1) is 14.3. The van der Waals surface area contributed by atoms with Crippen LogP contribution in [0.3, 0.4) is 0 Å². The summed E-state index contributed by atoms with van der Waals surface area (Å²) in [7, 11) is 0. The number of carbonyl (C=O) groups excluding carboxylic acids is 2. The average molecular weight is 294 g/mol. The summed E-state index contributed by atoms with van der Waals surface area (Å²) in [6.45, 7) is 2.31. The third kappa shape index (κ3) is 2.86. The summed E-state index contributed by atoms with van der Waals surface area (Å²) in [4.78, 5) is 25.7. The summed E-state index contributed by atoms with van der Waals surface area (Å²) < 4.78 is 0. The number of nitrogens with one attached hydrogen (secondary N) is 1. The van der Waals surface area contributed by atoms with Gasteiger partial charge in [-0.1, -0.05) is 24.3 Å². The summed E-state index contributed by atoms with van der Waals surface area (Å²) in [5, 5.41) is 2.89. The summed E-state index contributed by atoms with van der Waals surface area (Å²) in [6.07, 6.45) is 1.94. The monoisotopic (exact) mass is 294 g/mol. The highest BCUT2D eigenvalue weighted by Gasteiger charge is 2.20. The van der Waals surface area contributed by atoms with Gasteiger partial charge in [-0.2, -0.15) is 0 Å². The van der Waals surface area contributed by atoms with Crippen LogP contribution in [0.2, 0.25) is 0 Å². The average Bonchev–Trinajstić information content (AvgIpc) is 2.55. The van der Waals surface area contributed by atoms with Crippen molar-refractivity contribution in [2.24, 2.45) is 0 Å². The zero-order chi connectivity index (χ0) is 15.5. The number of benzene rings is 2. The van der Waals surface area contributed by atoms with Crippen molar-refractivity contribution in [3.8, 4) is 0 Å². The molecule has 2 aromatic carbocycles. The molecule has 0 bridgehead atoms. The highest BCUT2D eigenvalue weighted by molar-refractivity contribution is 6.04. The van der Waals surface area contributed by atoms with Gasteiger partial charge in [0.1, 0.15) is 0 Å². The van der Waals surface area contributed by atoms with Gasteiger partial charge in [-0.3, -0.25) is 9.59 Å². The molecule has 0 atom stereocenters. The Morgan fingerprint density at radius 2 is 1.86 bits per heavy atom. The van der Waals surface area contributed by atoms with Gasteiger partial charge in [0.2, 0.25) is 5.91 Å². The predicted molar refractivity (Wildman–Crippen MR) is 87.2 cm³/mol. The van der Waals surface area contributed by atoms with Crippen molar-refractivity contribution in [2.75, 3.05) is 16.8 Å². The van der Waals surface area contributed by atoms with Gasteiger partial charge < -0.3 is 10.2 Å². The largest absolute Gasteiger partial charge is 0.322 e. The molecule has 1 aliphatic rings. The number of anilines is 2. The number of carbonyl (C=O) groups is 2. The molecule has 0 spiro atoms. The SMILES string of the molecule is CC(=O)N1CCCc2ccc(NC(=O)c3ccccc3)cc21. The van der Waals surface area contributed by atoms with Gasteiger partial charge in [-0.05, 0) is 42.7 Å². The zero-order valence-electron chi connectivity index (χ0n) is 12.5. The van der Waals surface area contributed by atoms with E-state index in [1.54, 1.807) is 24.0 Å². The molecule has 0 aliphatic carbocycles. The van der Waals surface area contributed by atoms with Crippen LogP contribution in [-0.2, 0) is 11.2 Å². The first-order valence-corrected chi connectivity index (χ1v) is 7.42. The van der Waals surface area contributed by atoms with E-state index in [2.05, 4.69) is 5.32 Å². The molecule has 0 saturated carbocycles. The molecule has 0 fully saturated rings. The first-order chi connectivity index (χ1) is 10.6. The molecule has 0 aromatic heterocycles. The molecule has 2 aromatic rings. The molecule has 112 valence electrons. The topological polar surface area (TPSA) is 49.4 Å². The molecule has 2 amide bonds. The van der Waals surface area contributed by atoms with Gasteiger partial charge in [-0.15, -0.1) is 0 Å². The van der Waals surface area contributed by atoms with Crippen molar-refractivity contribution < 1.29 is 9.59 Å². The molecule has 1 heterocycles. The van der Waals surface area contributed by atoms with Crippen molar-refractivity contribution in [2.45, 2.75) is 19.8 Å². The second-order valence-corrected chi connectivity index (χ2v) is 5.44. The number of rotatable bonds is 2. The lowest BCUT2D eigenvalue weighted by Gasteiger charge is -2.29. The van der Waals surface area contributed by atoms with E-state index in [0.29, 0.717) is 11.3 Å². The summed E-state index contributed by atoms with van der Waals surface area (Å²) >= 11 is 0. The second-order valence-electron chi connectivity index (χ2n) is 5.44. The van der Waals surface area contributed by atoms with Gasteiger partial charge >= 0.3 is 0 Å². The maximum absolute atomic E-state index is 12.2. The van der Waals surface area contributed by atoms with E-state index < -0.39 is 0 Å². The lowest BCUT2D eigenvalue weighted by molar-refractivity contribution is -0.116. The van der Waals surface area contributed by atoms with E-state index in [1.165, 1.54) is 0 Å². The maximum atomic E-state index is 12.2. The van der Waals surface area contributed by atoms with Crippen molar-refractivity contribution in [1.29, 1.82) is 0 Å². The van der Waals surface area contributed by atoms with E-state index in [4.69, 9.17) is 0 Å². The summed E-state index contributed by atoms with van der Waals surface area (Å²) in [5.41, 5.74) is 3.38. The van der Waals surface area contributed by atoms with E-state index in [-0.39, 0.29) is 11.8 Å². The number of aryl methyl sites for hydroxylation is 1. The highest BCUT2D eigenvalue weighted by Crippen LogP contribution is 2.30. The lowest BCUT2D eigenvalue weighted by atomic mass is 10.0. The van der Waals surface area contributed by atoms with E-state index in [1.807, 2.05) is 36.4 Å². The Labute approximate surface area is 129 Å². The van der Waals surface area contributed by atoms with Crippen molar-refractivity contribution in [3.63, 3.8) is 0 Å². The number of amides is 2. The summed E-state index contributed by atoms with van der Waals surface area (Å²) in [5.74, 6) is -0.113. The Morgan fingerprint density at radius 3 is 2.59 bits per heavy atom. The fourth-order valence-electron chi connectivity index (χ4n) is 2.77. The Morgan fingerprint density at radius 1 is 1.09 bits per heavy atom. The van der Waals surface area contributed by atoms with Gasteiger partial charge in [0.15, 0.2) is 0 Å². The predicted octanol–water partition coefficient (Wildman–Crippen LogP) is 3.24. The van der Waals surface area contributed by atoms with Crippen LogP contribution in [0.25, 0.3) is 0 Å². The fraction of sp³-hybridized carbons (Fsp3) is 0.222. The minimum Gasteiger partial charge on any atom is -0.322 e. The Hall–Kier alpha value is -2.62. The van der Waals surface area contributed by atoms with Crippen LogP contribution in [0.5, 0.6) is 0 Å². The quantitative estimate of drug-likeness (QED) is 0.924. The van der Waals surface area contributed by atoms with Crippen LogP contribution in [0.1, 0.15) is 29.3 Å². The first-order valence-electron chi connectivity index (χ1n) is 7.42. The number of hydrogen-bond donors (Lipinski definition) is 1. The minimum atomic E-state index is -0.147. The lowest BCUT2D eigenvalue weighted by Crippen LogP contribution is -2.33. The van der Waals surface area contributed by atoms with Crippen molar-refractivity contribution in [1.82, 2.24) is 0 Å². The zero-order valence-corrected chi connectivity index (χ0v) is 12.5. The van der Waals surface area contributed by atoms with Gasteiger partial charge in [0.05, 0.1) is 0 Å². The normalized spacial score (nSPS) is 13.4. The number of hydrogen-bond acceptors (Lipinski definition) is 2. The van der Waals surface area contributed by atoms with E-state index in [0.717, 1.165) is 30.6 Å². The molecule has 22 heavy (non-hydrogen) atoms. The maximum Gasteiger partial charge on any atom is 0.255 e. The molecule has 0 unspecified atom stereocenters. The Bertz CT molecular complexity index is 710. The van der Waals surface area contributed by atoms with E-state index >= 15 is 0 Å². The molecule has 0 saturated heterocycles. The smallest absolute Gasteiger partial charge is 0.255 e. The Balaban J connectivity index is 1.85. The fourth-order valence-corrected chi connectivity index (χ4v) is 2.77. The molecule has 0 radical (unpaired) electrons. The van der Waals surface area contributed by atoms with Gasteiger partial charge in [0.25, 0.3) is 5.91 Å². The molecular weight excluding hydrogens is 276 g/mol. The summed E-state index contributed by atoms with van der Waals surface area (Å²) in [6, 6.07) is 14.9. The third-order valence-electron chi connectivity index (χ3n) is 3.88. The number of nitrogens with zero attached hydrogens (tertiary/aromatic N) is 1. The van der Waals surface area contributed by atoms with Crippen LogP contribution < -0.4 is 10.2 Å². The van der Waals surface area contributed by atoms with Crippen LogP contribution in [0.15, 0.2) is 48.5 Å². The van der Waals surface area contributed by atoms with Crippen LogP contribution in [-0.4, -0.2) is 18.4 Å². The third-order valence-corrected chi connectivity index (χ3v) is 3.88. The Kier molecular flexibility index (Phi) is 3.92. The number of fused-ring (bicyclic) bond motifs is 1. The molecule has 3 rings (SSSR count). The molecule has 1 N–H and O–H groups in total. The standard InChI is InChI=1S/C18H18N2O2/c1-13(21)20-11-5-8-14-9-10-16(12-17(14)20)19-18(22)15-6-3-2-4-7-15/h2-4,6-7,9-10,12H,5,8,11H2,1H3,(H,19,22). The molecular formula is C18H18N2O2. The minimum absolute atomic E-state index is 0.0347. The van der Waals surface area contributed by atoms with Crippen LogP contribution >= 0.6 is 0 Å². The van der Waals surface area contributed by atoms with E-state index in [9.17, 15) is 9.59 Å². The molecule has 4 nitrogen and oxygen atoms in total. The molecule has 4 heteroatoms. The van der Waals surface area contributed by atoms with Crippen LogP contribution in [0, 0.1) is 0 Å².